The largest absolute Gasteiger partial charge is 0.497 e. The number of fused-ring (bicyclic) bond motifs is 1. The molecule has 3 aromatic rings. The lowest BCUT2D eigenvalue weighted by Gasteiger charge is -2.11. The predicted octanol–water partition coefficient (Wildman–Crippen LogP) is 1.62. The fourth-order valence-electron chi connectivity index (χ4n) is 2.35. The molecule has 0 radical (unpaired) electrons. The monoisotopic (exact) mass is 364 g/mol. The van der Waals surface area contributed by atoms with Crippen molar-refractivity contribution in [1.29, 1.82) is 0 Å². The molecule has 0 amide bonds. The van der Waals surface area contributed by atoms with E-state index in [0.717, 1.165) is 0 Å². The summed E-state index contributed by atoms with van der Waals surface area (Å²) in [7, 11) is -0.751. The van der Waals surface area contributed by atoms with Crippen LogP contribution in [0.1, 0.15) is 5.56 Å². The van der Waals surface area contributed by atoms with E-state index in [-0.39, 0.29) is 11.4 Å². The first-order valence-electron chi connectivity index (χ1n) is 7.26. The maximum Gasteiger partial charge on any atom is 0.417 e. The number of nitrogens with one attached hydrogen (secondary N) is 2. The van der Waals surface area contributed by atoms with Crippen LogP contribution in [0, 0.1) is 0 Å². The van der Waals surface area contributed by atoms with Crippen molar-refractivity contribution in [2.45, 2.75) is 11.4 Å². The van der Waals surface area contributed by atoms with Crippen LogP contribution in [0.25, 0.3) is 11.1 Å². The summed E-state index contributed by atoms with van der Waals surface area (Å²) in [6.45, 7) is 0.0371. The van der Waals surface area contributed by atoms with Crippen molar-refractivity contribution in [3.63, 3.8) is 0 Å². The van der Waals surface area contributed by atoms with Crippen molar-refractivity contribution >= 4 is 21.1 Å². The SMILES string of the molecule is COc1ccc(CNS(=O)(=O)c2ccc3oc(=O)[nH]c3c2)c(OC)c1. The van der Waals surface area contributed by atoms with E-state index in [4.69, 9.17) is 13.9 Å². The summed E-state index contributed by atoms with van der Waals surface area (Å²) in [6.07, 6.45) is 0. The lowest BCUT2D eigenvalue weighted by Crippen LogP contribution is -2.23. The molecule has 0 fully saturated rings. The van der Waals surface area contributed by atoms with Gasteiger partial charge in [-0.3, -0.25) is 4.98 Å². The molecule has 0 aliphatic carbocycles. The number of ether oxygens (including phenoxy) is 2. The molecule has 0 bridgehead atoms. The zero-order valence-electron chi connectivity index (χ0n) is 13.5. The summed E-state index contributed by atoms with van der Waals surface area (Å²) in [4.78, 5) is 13.6. The smallest absolute Gasteiger partial charge is 0.417 e. The Hall–Kier alpha value is -2.78. The van der Waals surface area contributed by atoms with Crippen molar-refractivity contribution in [2.24, 2.45) is 0 Å². The Morgan fingerprint density at radius 1 is 1.12 bits per heavy atom. The van der Waals surface area contributed by atoms with Crippen molar-refractivity contribution in [3.8, 4) is 11.5 Å². The molecule has 2 aromatic carbocycles. The van der Waals surface area contributed by atoms with Gasteiger partial charge in [0.05, 0.1) is 24.6 Å². The number of oxazole rings is 1. The predicted molar refractivity (Wildman–Crippen MR) is 90.4 cm³/mol. The number of H-pyrrole nitrogens is 1. The van der Waals surface area contributed by atoms with Crippen LogP contribution in [0.4, 0.5) is 0 Å². The standard InChI is InChI=1S/C16H16N2O6S/c1-22-11-4-3-10(15(7-11)23-2)9-17-25(20,21)12-5-6-14-13(8-12)18-16(19)24-14/h3-8,17H,9H2,1-2H3,(H,18,19). The molecular weight excluding hydrogens is 348 g/mol. The van der Waals surface area contributed by atoms with Crippen molar-refractivity contribution in [3.05, 3.63) is 52.5 Å². The Morgan fingerprint density at radius 3 is 2.64 bits per heavy atom. The molecule has 0 aliphatic heterocycles. The third-order valence-electron chi connectivity index (χ3n) is 3.65. The molecule has 3 rings (SSSR count). The molecule has 0 unspecified atom stereocenters. The van der Waals surface area contributed by atoms with Crippen LogP contribution in [0.2, 0.25) is 0 Å². The van der Waals surface area contributed by atoms with Crippen LogP contribution in [0.15, 0.2) is 50.5 Å². The number of aromatic nitrogens is 1. The summed E-state index contributed by atoms with van der Waals surface area (Å²) >= 11 is 0. The molecule has 1 heterocycles. The maximum absolute atomic E-state index is 12.5. The molecule has 0 atom stereocenters. The first-order chi connectivity index (χ1) is 11.9. The number of aromatic amines is 1. The van der Waals surface area contributed by atoms with Crippen LogP contribution >= 0.6 is 0 Å². The van der Waals surface area contributed by atoms with Gasteiger partial charge in [0.2, 0.25) is 10.0 Å². The molecule has 8 nitrogen and oxygen atoms in total. The number of hydrogen-bond acceptors (Lipinski definition) is 6. The van der Waals surface area contributed by atoms with Crippen molar-refractivity contribution < 1.29 is 22.3 Å². The average molecular weight is 364 g/mol. The Morgan fingerprint density at radius 2 is 1.92 bits per heavy atom. The zero-order chi connectivity index (χ0) is 18.0. The number of hydrogen-bond donors (Lipinski definition) is 2. The molecule has 0 saturated heterocycles. The van der Waals surface area contributed by atoms with Gasteiger partial charge >= 0.3 is 5.76 Å². The molecule has 0 aliphatic rings. The van der Waals surface area contributed by atoms with Gasteiger partial charge < -0.3 is 13.9 Å². The minimum absolute atomic E-state index is 0.0181. The fraction of sp³-hybridized carbons (Fsp3) is 0.188. The van der Waals surface area contributed by atoms with E-state index in [9.17, 15) is 13.2 Å². The summed E-state index contributed by atoms with van der Waals surface area (Å²) in [5.41, 5.74) is 1.26. The Balaban J connectivity index is 1.84. The summed E-state index contributed by atoms with van der Waals surface area (Å²) in [5, 5.41) is 0. The number of methoxy groups -OCH3 is 2. The van der Waals surface area contributed by atoms with E-state index in [0.29, 0.717) is 28.2 Å². The number of benzene rings is 2. The Kier molecular flexibility index (Phi) is 4.51. The molecular formula is C16H16N2O6S. The normalized spacial score (nSPS) is 11.6. The van der Waals surface area contributed by atoms with E-state index >= 15 is 0 Å². The Bertz CT molecular complexity index is 1070. The summed E-state index contributed by atoms with van der Waals surface area (Å²) in [6, 6.07) is 9.24. The first kappa shape index (κ1) is 17.1. The zero-order valence-corrected chi connectivity index (χ0v) is 14.3. The highest BCUT2D eigenvalue weighted by molar-refractivity contribution is 7.89. The van der Waals surface area contributed by atoms with Crippen LogP contribution in [0.5, 0.6) is 11.5 Å². The molecule has 0 saturated carbocycles. The van der Waals surface area contributed by atoms with Gasteiger partial charge in [0.1, 0.15) is 11.5 Å². The quantitative estimate of drug-likeness (QED) is 0.688. The van der Waals surface area contributed by atoms with Crippen LogP contribution in [-0.4, -0.2) is 27.6 Å². The molecule has 9 heteroatoms. The second kappa shape index (κ2) is 6.61. The molecule has 0 spiro atoms. The van der Waals surface area contributed by atoms with E-state index in [1.165, 1.54) is 32.4 Å². The van der Waals surface area contributed by atoms with Crippen molar-refractivity contribution in [2.75, 3.05) is 14.2 Å². The second-order valence-corrected chi connectivity index (χ2v) is 6.94. The lowest BCUT2D eigenvalue weighted by atomic mass is 10.2. The van der Waals surface area contributed by atoms with Gasteiger partial charge in [0, 0.05) is 18.2 Å². The average Bonchev–Trinajstić information content (AvgIpc) is 2.98. The summed E-state index contributed by atoms with van der Waals surface area (Å²) < 4.78 is 42.7. The molecule has 2 N–H and O–H groups in total. The fourth-order valence-corrected chi connectivity index (χ4v) is 3.38. The minimum Gasteiger partial charge on any atom is -0.497 e. The second-order valence-electron chi connectivity index (χ2n) is 5.17. The van der Waals surface area contributed by atoms with Crippen LogP contribution in [0.3, 0.4) is 0 Å². The third kappa shape index (κ3) is 3.52. The summed E-state index contributed by atoms with van der Waals surface area (Å²) in [5.74, 6) is 0.481. The van der Waals surface area contributed by atoms with Gasteiger partial charge in [-0.15, -0.1) is 0 Å². The van der Waals surface area contributed by atoms with E-state index in [1.807, 2.05) is 0 Å². The topological polar surface area (TPSA) is 111 Å². The molecule has 1 aromatic heterocycles. The highest BCUT2D eigenvalue weighted by Crippen LogP contribution is 2.25. The van der Waals surface area contributed by atoms with Gasteiger partial charge in [0.25, 0.3) is 0 Å². The van der Waals surface area contributed by atoms with Gasteiger partial charge in [-0.2, -0.15) is 0 Å². The highest BCUT2D eigenvalue weighted by atomic mass is 32.2. The molecule has 132 valence electrons. The first-order valence-corrected chi connectivity index (χ1v) is 8.75. The van der Waals surface area contributed by atoms with Gasteiger partial charge in [-0.1, -0.05) is 6.07 Å². The van der Waals surface area contributed by atoms with Gasteiger partial charge in [0.15, 0.2) is 5.58 Å². The minimum atomic E-state index is -3.78. The molecule has 25 heavy (non-hydrogen) atoms. The van der Waals surface area contributed by atoms with E-state index < -0.39 is 15.8 Å². The van der Waals surface area contributed by atoms with E-state index in [1.54, 1.807) is 18.2 Å². The third-order valence-corrected chi connectivity index (χ3v) is 5.05. The van der Waals surface area contributed by atoms with Crippen molar-refractivity contribution in [1.82, 2.24) is 9.71 Å². The van der Waals surface area contributed by atoms with E-state index in [2.05, 4.69) is 9.71 Å². The maximum atomic E-state index is 12.5. The highest BCUT2D eigenvalue weighted by Gasteiger charge is 2.17. The number of sulfonamides is 1. The number of rotatable bonds is 6. The van der Waals surface area contributed by atoms with Crippen LogP contribution in [-0.2, 0) is 16.6 Å². The van der Waals surface area contributed by atoms with Crippen LogP contribution < -0.4 is 20.0 Å². The van der Waals surface area contributed by atoms with Gasteiger partial charge in [-0.05, 0) is 24.3 Å². The van der Waals surface area contributed by atoms with Gasteiger partial charge in [-0.25, -0.2) is 17.9 Å². The lowest BCUT2D eigenvalue weighted by molar-refractivity contribution is 0.390. The Labute approximate surface area is 143 Å².